The van der Waals surface area contributed by atoms with Crippen LogP contribution in [0.1, 0.15) is 99.8 Å². The van der Waals surface area contributed by atoms with Gasteiger partial charge in [-0.15, -0.1) is 0 Å². The molecule has 0 aromatic carbocycles. The molecule has 8 nitrogen and oxygen atoms in total. The minimum atomic E-state index is -5.16. The first-order valence-electron chi connectivity index (χ1n) is 13.7. The Balaban J connectivity index is 2.77. The Morgan fingerprint density at radius 1 is 0.846 bits per heavy atom. The molecule has 39 heavy (non-hydrogen) atoms. The zero-order chi connectivity index (χ0) is 29.9. The Morgan fingerprint density at radius 3 is 1.82 bits per heavy atom. The van der Waals surface area contributed by atoms with E-state index < -0.39 is 15.6 Å². The maximum Gasteiger partial charge on any atom is 0.481 e. The Labute approximate surface area is 236 Å². The molecule has 0 saturated carbocycles. The molecule has 1 heterocycles. The summed E-state index contributed by atoms with van der Waals surface area (Å²) in [5, 5.41) is 0. The molecule has 0 bridgehead atoms. The van der Waals surface area contributed by atoms with E-state index in [2.05, 4.69) is 88.6 Å². The highest BCUT2D eigenvalue weighted by atomic mass is 31.3. The van der Waals surface area contributed by atoms with Gasteiger partial charge in [0.15, 0.2) is 0 Å². The summed E-state index contributed by atoms with van der Waals surface area (Å²) in [5.74, 6) is 0. The quantitative estimate of drug-likeness (QED) is 0.0787. The van der Waals surface area contributed by atoms with Crippen LogP contribution >= 0.6 is 15.6 Å². The van der Waals surface area contributed by atoms with Gasteiger partial charge < -0.3 is 14.7 Å². The zero-order valence-electron chi connectivity index (χ0n) is 25.0. The fourth-order valence-corrected chi connectivity index (χ4v) is 6.20. The summed E-state index contributed by atoms with van der Waals surface area (Å²) in [5.41, 5.74) is 6.09. The molecular weight excluding hydrogens is 536 g/mol. The summed E-state index contributed by atoms with van der Waals surface area (Å²) in [6, 6.07) is -0.198. The largest absolute Gasteiger partial charge is 0.481 e. The third kappa shape index (κ3) is 15.5. The molecule has 1 saturated heterocycles. The maximum atomic E-state index is 12.0. The molecule has 0 aromatic rings. The molecule has 4 atom stereocenters. The maximum absolute atomic E-state index is 12.0. The highest BCUT2D eigenvalue weighted by Crippen LogP contribution is 2.58. The van der Waals surface area contributed by atoms with Crippen molar-refractivity contribution in [1.29, 1.82) is 0 Å². The van der Waals surface area contributed by atoms with E-state index in [-0.39, 0.29) is 18.2 Å². The molecule has 0 spiro atoms. The van der Waals surface area contributed by atoms with Crippen LogP contribution in [0.5, 0.6) is 0 Å². The number of rotatable bonds is 19. The van der Waals surface area contributed by atoms with Crippen LogP contribution in [0.15, 0.2) is 58.7 Å². The summed E-state index contributed by atoms with van der Waals surface area (Å²) >= 11 is 0. The van der Waals surface area contributed by atoms with Gasteiger partial charge >= 0.3 is 15.6 Å². The molecule has 0 radical (unpaired) electrons. The van der Waals surface area contributed by atoms with Gasteiger partial charge in [-0.05, 0) is 99.8 Å². The summed E-state index contributed by atoms with van der Waals surface area (Å²) in [4.78, 5) is 29.7. The normalized spacial score (nSPS) is 23.2. The van der Waals surface area contributed by atoms with E-state index in [0.717, 1.165) is 56.9 Å². The Bertz CT molecular complexity index is 1030. The third-order valence-corrected chi connectivity index (χ3v) is 9.15. The predicted octanol–water partition coefficient (Wildman–Crippen LogP) is 8.16. The van der Waals surface area contributed by atoms with Crippen molar-refractivity contribution in [3.05, 3.63) is 58.7 Å². The van der Waals surface area contributed by atoms with Gasteiger partial charge in [0.05, 0.1) is 12.6 Å². The first-order valence-corrected chi connectivity index (χ1v) is 16.7. The monoisotopic (exact) mass is 587 g/mol. The van der Waals surface area contributed by atoms with E-state index >= 15 is 0 Å². The standard InChI is InChI=1S/C29H51NO7P2/c1-23(2)13-9-15-25(5)17-11-18-27(7)21-30-28(22-36-39(34,35)37-38(31,32)33)29(30,8)20-12-19-26(6)16-10-14-24(3)4/h13-14,17,19,28H,7,9-12,15-16,18,20-22H2,1-6,8H3,(H,34,35)(H2,31,32,33)/b25-17+,26-19+/t28-,29-,30?/m0/s1. The van der Waals surface area contributed by atoms with E-state index in [1.165, 1.54) is 22.3 Å². The van der Waals surface area contributed by atoms with Crippen LogP contribution in [0, 0.1) is 0 Å². The Kier molecular flexibility index (Phi) is 15.1. The smallest absolute Gasteiger partial charge is 0.302 e. The van der Waals surface area contributed by atoms with Crippen LogP contribution in [0.25, 0.3) is 0 Å². The van der Waals surface area contributed by atoms with Gasteiger partial charge in [0.25, 0.3) is 0 Å². The Hall–Kier alpha value is -1.08. The summed E-state index contributed by atoms with van der Waals surface area (Å²) in [7, 11) is -10.1. The van der Waals surface area contributed by atoms with E-state index in [1.807, 2.05) is 0 Å². The molecule has 0 amide bonds. The van der Waals surface area contributed by atoms with Crippen molar-refractivity contribution >= 4 is 15.6 Å². The average molecular weight is 588 g/mol. The van der Waals surface area contributed by atoms with Crippen LogP contribution in [-0.2, 0) is 18.0 Å². The van der Waals surface area contributed by atoms with Crippen molar-refractivity contribution in [3.8, 4) is 0 Å². The fourth-order valence-electron chi connectivity index (χ4n) is 4.61. The van der Waals surface area contributed by atoms with Crippen molar-refractivity contribution in [2.24, 2.45) is 0 Å². The van der Waals surface area contributed by atoms with Crippen LogP contribution < -0.4 is 0 Å². The van der Waals surface area contributed by atoms with Crippen LogP contribution in [0.4, 0.5) is 0 Å². The zero-order valence-corrected chi connectivity index (χ0v) is 26.8. The van der Waals surface area contributed by atoms with Crippen molar-refractivity contribution in [1.82, 2.24) is 4.90 Å². The van der Waals surface area contributed by atoms with E-state index in [0.29, 0.717) is 6.54 Å². The van der Waals surface area contributed by atoms with Crippen molar-refractivity contribution in [3.63, 3.8) is 0 Å². The summed E-state index contributed by atoms with van der Waals surface area (Å²) in [6.45, 7) is 19.5. The van der Waals surface area contributed by atoms with Crippen molar-refractivity contribution in [2.45, 2.75) is 111 Å². The van der Waals surface area contributed by atoms with Gasteiger partial charge in [-0.2, -0.15) is 4.31 Å². The molecule has 0 aromatic heterocycles. The molecule has 224 valence electrons. The second-order valence-corrected chi connectivity index (χ2v) is 14.2. The lowest BCUT2D eigenvalue weighted by Gasteiger charge is -2.13. The number of allylic oxidation sites excluding steroid dienone is 8. The van der Waals surface area contributed by atoms with Crippen molar-refractivity contribution < 1.29 is 32.6 Å². The van der Waals surface area contributed by atoms with Crippen LogP contribution in [0.3, 0.4) is 0 Å². The lowest BCUT2D eigenvalue weighted by atomic mass is 9.99. The molecular formula is C29H51NO7P2. The van der Waals surface area contributed by atoms with E-state index in [1.54, 1.807) is 0 Å². The van der Waals surface area contributed by atoms with Gasteiger partial charge in [0.1, 0.15) is 0 Å². The SMILES string of the molecule is C=C(CC/C=C(\C)CCC=C(C)C)CN1[C@@H](COP(=O)(O)OP(=O)(O)O)[C@]1(C)CC/C=C(\C)CCC=C(C)C. The van der Waals surface area contributed by atoms with Gasteiger partial charge in [-0.3, -0.25) is 9.42 Å². The molecule has 3 N–H and O–H groups in total. The molecule has 2 unspecified atom stereocenters. The number of phosphoric acid groups is 2. The molecule has 1 fully saturated rings. The van der Waals surface area contributed by atoms with E-state index in [4.69, 9.17) is 14.3 Å². The molecule has 1 aliphatic rings. The lowest BCUT2D eigenvalue weighted by molar-refractivity contribution is 0.174. The van der Waals surface area contributed by atoms with Crippen molar-refractivity contribution in [2.75, 3.05) is 13.2 Å². The average Bonchev–Trinajstić information content (AvgIpc) is 3.31. The molecule has 10 heteroatoms. The minimum Gasteiger partial charge on any atom is -0.302 e. The first-order chi connectivity index (χ1) is 17.9. The number of nitrogens with zero attached hydrogens (tertiary/aromatic N) is 1. The topological polar surface area (TPSA) is 116 Å². The fraction of sp³-hybridized carbons (Fsp3) is 0.655. The van der Waals surface area contributed by atoms with Crippen LogP contribution in [0.2, 0.25) is 0 Å². The Morgan fingerprint density at radius 2 is 1.33 bits per heavy atom. The van der Waals surface area contributed by atoms with Gasteiger partial charge in [-0.25, -0.2) is 9.13 Å². The molecule has 1 aliphatic heterocycles. The molecule has 1 rings (SSSR count). The predicted molar refractivity (Wildman–Crippen MR) is 160 cm³/mol. The minimum absolute atomic E-state index is 0.176. The second-order valence-electron chi connectivity index (χ2n) is 11.4. The number of hydrogen-bond acceptors (Lipinski definition) is 5. The van der Waals surface area contributed by atoms with Gasteiger partial charge in [-0.1, -0.05) is 58.7 Å². The summed E-state index contributed by atoms with van der Waals surface area (Å²) < 4.78 is 32.0. The lowest BCUT2D eigenvalue weighted by Crippen LogP contribution is -2.16. The summed E-state index contributed by atoms with van der Waals surface area (Å²) in [6.07, 6.45) is 16.5. The van der Waals surface area contributed by atoms with Crippen LogP contribution in [-0.4, -0.2) is 44.3 Å². The third-order valence-electron chi connectivity index (χ3n) is 7.00. The number of hydrogen-bond donors (Lipinski definition) is 3. The first kappa shape index (κ1) is 35.9. The van der Waals surface area contributed by atoms with E-state index in [9.17, 15) is 14.0 Å². The number of phosphoric ester groups is 1. The molecule has 0 aliphatic carbocycles. The highest BCUT2D eigenvalue weighted by Gasteiger charge is 2.58. The second kappa shape index (κ2) is 16.4. The van der Waals surface area contributed by atoms with Gasteiger partial charge in [0, 0.05) is 12.1 Å². The highest BCUT2D eigenvalue weighted by molar-refractivity contribution is 7.60. The van der Waals surface area contributed by atoms with Gasteiger partial charge in [0.2, 0.25) is 0 Å².